The maximum atomic E-state index is 5.69. The molecule has 0 spiro atoms. The van der Waals surface area contributed by atoms with Crippen molar-refractivity contribution >= 4 is 0 Å². The zero-order valence-corrected chi connectivity index (χ0v) is 11.1. The van der Waals surface area contributed by atoms with Crippen LogP contribution < -0.4 is 9.47 Å². The molecular formula is C15H17NO3. The summed E-state index contributed by atoms with van der Waals surface area (Å²) in [6.45, 7) is 2.74. The van der Waals surface area contributed by atoms with Crippen molar-refractivity contribution < 1.29 is 14.2 Å². The maximum Gasteiger partial charge on any atom is 0.189 e. The summed E-state index contributed by atoms with van der Waals surface area (Å²) in [4.78, 5) is 4.02. The summed E-state index contributed by atoms with van der Waals surface area (Å²) in [7, 11) is 1.62. The van der Waals surface area contributed by atoms with Crippen molar-refractivity contribution in [2.75, 3.05) is 20.5 Å². The van der Waals surface area contributed by atoms with Gasteiger partial charge in [-0.05, 0) is 30.7 Å². The number of hydrogen-bond donors (Lipinski definition) is 0. The van der Waals surface area contributed by atoms with E-state index in [-0.39, 0.29) is 6.79 Å². The molecule has 2 rings (SSSR count). The molecule has 0 saturated carbocycles. The average molecular weight is 259 g/mol. The number of aromatic nitrogens is 1. The van der Waals surface area contributed by atoms with E-state index >= 15 is 0 Å². The van der Waals surface area contributed by atoms with Gasteiger partial charge in [0.1, 0.15) is 0 Å². The van der Waals surface area contributed by atoms with Crippen molar-refractivity contribution in [3.8, 4) is 22.6 Å². The molecule has 0 unspecified atom stereocenters. The van der Waals surface area contributed by atoms with E-state index in [0.717, 1.165) is 11.1 Å². The summed E-state index contributed by atoms with van der Waals surface area (Å²) >= 11 is 0. The highest BCUT2D eigenvalue weighted by Crippen LogP contribution is 2.37. The van der Waals surface area contributed by atoms with Crippen LogP contribution in [0.1, 0.15) is 6.92 Å². The number of rotatable bonds is 6. The van der Waals surface area contributed by atoms with Crippen LogP contribution in [0.25, 0.3) is 11.1 Å². The number of para-hydroxylation sites is 1. The van der Waals surface area contributed by atoms with Crippen LogP contribution in [0.5, 0.6) is 11.5 Å². The van der Waals surface area contributed by atoms with Gasteiger partial charge in [0.15, 0.2) is 18.3 Å². The van der Waals surface area contributed by atoms with E-state index in [1.54, 1.807) is 19.5 Å². The van der Waals surface area contributed by atoms with Crippen LogP contribution in [0.4, 0.5) is 0 Å². The molecule has 100 valence electrons. The van der Waals surface area contributed by atoms with E-state index in [4.69, 9.17) is 14.2 Å². The summed E-state index contributed by atoms with van der Waals surface area (Å²) < 4.78 is 16.3. The summed E-state index contributed by atoms with van der Waals surface area (Å²) in [5.41, 5.74) is 1.99. The van der Waals surface area contributed by atoms with Gasteiger partial charge in [-0.3, -0.25) is 4.98 Å². The Morgan fingerprint density at radius 3 is 2.58 bits per heavy atom. The Morgan fingerprint density at radius 1 is 1.11 bits per heavy atom. The Balaban J connectivity index is 2.36. The molecule has 0 amide bonds. The standard InChI is InChI=1S/C15H17NO3/c1-3-18-11-19-15-13(5-4-6-14(15)17-2)12-7-9-16-10-8-12/h4-10H,3,11H2,1-2H3. The molecule has 1 heterocycles. The molecule has 0 atom stereocenters. The molecule has 0 bridgehead atoms. The SMILES string of the molecule is CCOCOc1c(OC)cccc1-c1ccncc1. The second-order valence-electron chi connectivity index (χ2n) is 3.83. The molecule has 1 aromatic carbocycles. The first-order valence-corrected chi connectivity index (χ1v) is 6.14. The lowest BCUT2D eigenvalue weighted by Crippen LogP contribution is -2.04. The van der Waals surface area contributed by atoms with E-state index in [1.807, 2.05) is 37.3 Å². The van der Waals surface area contributed by atoms with Crippen molar-refractivity contribution in [1.29, 1.82) is 0 Å². The van der Waals surface area contributed by atoms with Gasteiger partial charge < -0.3 is 14.2 Å². The maximum absolute atomic E-state index is 5.69. The Bertz CT molecular complexity index is 514. The zero-order valence-electron chi connectivity index (χ0n) is 11.1. The van der Waals surface area contributed by atoms with Gasteiger partial charge in [0.2, 0.25) is 0 Å². The molecule has 0 fully saturated rings. The molecule has 4 nitrogen and oxygen atoms in total. The molecule has 0 saturated heterocycles. The van der Waals surface area contributed by atoms with Gasteiger partial charge in [-0.25, -0.2) is 0 Å². The number of ether oxygens (including phenoxy) is 3. The first-order chi connectivity index (χ1) is 9.36. The molecule has 4 heteroatoms. The molecule has 1 aromatic heterocycles. The van der Waals surface area contributed by atoms with Crippen LogP contribution in [-0.2, 0) is 4.74 Å². The molecule has 2 aromatic rings. The summed E-state index contributed by atoms with van der Waals surface area (Å²) in [5.74, 6) is 1.37. The Kier molecular flexibility index (Phi) is 4.75. The minimum atomic E-state index is 0.203. The fourth-order valence-corrected chi connectivity index (χ4v) is 1.77. The molecule has 0 aliphatic heterocycles. The van der Waals surface area contributed by atoms with Crippen LogP contribution in [0.2, 0.25) is 0 Å². The van der Waals surface area contributed by atoms with Crippen molar-refractivity contribution in [2.45, 2.75) is 6.92 Å². The quantitative estimate of drug-likeness (QED) is 0.590. The smallest absolute Gasteiger partial charge is 0.189 e. The van der Waals surface area contributed by atoms with Gasteiger partial charge >= 0.3 is 0 Å². The number of benzene rings is 1. The third-order valence-electron chi connectivity index (χ3n) is 2.68. The molecule has 0 N–H and O–H groups in total. The van der Waals surface area contributed by atoms with Crippen LogP contribution in [0.3, 0.4) is 0 Å². The van der Waals surface area contributed by atoms with Gasteiger partial charge in [0.25, 0.3) is 0 Å². The third-order valence-corrected chi connectivity index (χ3v) is 2.68. The van der Waals surface area contributed by atoms with Gasteiger partial charge in [-0.2, -0.15) is 0 Å². The van der Waals surface area contributed by atoms with Gasteiger partial charge in [-0.15, -0.1) is 0 Å². The predicted molar refractivity (Wildman–Crippen MR) is 73.3 cm³/mol. The van der Waals surface area contributed by atoms with Gasteiger partial charge in [-0.1, -0.05) is 12.1 Å². The summed E-state index contributed by atoms with van der Waals surface area (Å²) in [6, 6.07) is 9.65. The number of nitrogens with zero attached hydrogens (tertiary/aromatic N) is 1. The predicted octanol–water partition coefficient (Wildman–Crippen LogP) is 3.13. The number of pyridine rings is 1. The fourth-order valence-electron chi connectivity index (χ4n) is 1.77. The van der Waals surface area contributed by atoms with Crippen molar-refractivity contribution in [2.24, 2.45) is 0 Å². The van der Waals surface area contributed by atoms with E-state index < -0.39 is 0 Å². The highest BCUT2D eigenvalue weighted by atomic mass is 16.7. The topological polar surface area (TPSA) is 40.6 Å². The lowest BCUT2D eigenvalue weighted by Gasteiger charge is -2.14. The lowest BCUT2D eigenvalue weighted by molar-refractivity contribution is 0.0213. The Hall–Kier alpha value is -2.07. The van der Waals surface area contributed by atoms with Crippen molar-refractivity contribution in [1.82, 2.24) is 4.98 Å². The van der Waals surface area contributed by atoms with Crippen LogP contribution >= 0.6 is 0 Å². The average Bonchev–Trinajstić information content (AvgIpc) is 2.48. The summed E-state index contributed by atoms with van der Waals surface area (Å²) in [6.07, 6.45) is 3.50. The van der Waals surface area contributed by atoms with E-state index in [1.165, 1.54) is 0 Å². The first-order valence-electron chi connectivity index (χ1n) is 6.14. The minimum Gasteiger partial charge on any atom is -0.493 e. The number of methoxy groups -OCH3 is 1. The number of hydrogen-bond acceptors (Lipinski definition) is 4. The van der Waals surface area contributed by atoms with E-state index in [2.05, 4.69) is 4.98 Å². The Morgan fingerprint density at radius 2 is 1.89 bits per heavy atom. The third kappa shape index (κ3) is 3.23. The monoisotopic (exact) mass is 259 g/mol. The second-order valence-corrected chi connectivity index (χ2v) is 3.83. The molecule has 0 radical (unpaired) electrons. The van der Waals surface area contributed by atoms with Crippen molar-refractivity contribution in [3.05, 3.63) is 42.7 Å². The van der Waals surface area contributed by atoms with Gasteiger partial charge in [0, 0.05) is 24.6 Å². The highest BCUT2D eigenvalue weighted by Gasteiger charge is 2.12. The minimum absolute atomic E-state index is 0.203. The van der Waals surface area contributed by atoms with Crippen LogP contribution in [0, 0.1) is 0 Å². The van der Waals surface area contributed by atoms with Gasteiger partial charge in [0.05, 0.1) is 7.11 Å². The molecule has 0 aliphatic rings. The molecule has 0 aliphatic carbocycles. The summed E-state index contributed by atoms with van der Waals surface area (Å²) in [5, 5.41) is 0. The van der Waals surface area contributed by atoms with Crippen LogP contribution in [0.15, 0.2) is 42.7 Å². The largest absolute Gasteiger partial charge is 0.493 e. The Labute approximate surface area is 113 Å². The van der Waals surface area contributed by atoms with Crippen LogP contribution in [-0.4, -0.2) is 25.5 Å². The molecular weight excluding hydrogens is 242 g/mol. The second kappa shape index (κ2) is 6.75. The van der Waals surface area contributed by atoms with Crippen molar-refractivity contribution in [3.63, 3.8) is 0 Å². The first kappa shape index (κ1) is 13.4. The normalized spacial score (nSPS) is 10.2. The van der Waals surface area contributed by atoms with E-state index in [9.17, 15) is 0 Å². The zero-order chi connectivity index (χ0) is 13.5. The van der Waals surface area contributed by atoms with E-state index in [0.29, 0.717) is 18.1 Å². The molecule has 19 heavy (non-hydrogen) atoms. The fraction of sp³-hybridized carbons (Fsp3) is 0.267. The lowest BCUT2D eigenvalue weighted by atomic mass is 10.1. The highest BCUT2D eigenvalue weighted by molar-refractivity contribution is 5.73.